The lowest BCUT2D eigenvalue weighted by Gasteiger charge is -2.09. The third-order valence-corrected chi connectivity index (χ3v) is 4.09. The number of nitro groups is 1. The molecule has 0 heterocycles. The third-order valence-electron chi connectivity index (χ3n) is 4.09. The molecule has 0 saturated heterocycles. The van der Waals surface area contributed by atoms with Gasteiger partial charge in [-0.2, -0.15) is 5.11 Å². The number of phenols is 2. The van der Waals surface area contributed by atoms with Crippen molar-refractivity contribution in [3.8, 4) is 22.6 Å². The number of nitrogens with zero attached hydrogens (tertiary/aromatic N) is 3. The molecule has 0 spiro atoms. The number of azo groups is 1. The smallest absolute Gasteiger partial charge is 0.297 e. The zero-order valence-corrected chi connectivity index (χ0v) is 14.5. The average Bonchev–Trinajstić information content (AvgIpc) is 2.67. The van der Waals surface area contributed by atoms with Crippen molar-refractivity contribution in [2.45, 2.75) is 13.3 Å². The van der Waals surface area contributed by atoms with E-state index in [0.29, 0.717) is 28.8 Å². The van der Waals surface area contributed by atoms with Gasteiger partial charge in [0.05, 0.1) is 10.6 Å². The second-order valence-corrected chi connectivity index (χ2v) is 5.85. The molecule has 0 radical (unpaired) electrons. The van der Waals surface area contributed by atoms with E-state index in [4.69, 9.17) is 0 Å². The van der Waals surface area contributed by atoms with Gasteiger partial charge in [0.25, 0.3) is 5.69 Å². The molecule has 0 fully saturated rings. The van der Waals surface area contributed by atoms with E-state index in [1.807, 2.05) is 13.0 Å². The quantitative estimate of drug-likeness (QED) is 0.347. The van der Waals surface area contributed by atoms with Crippen molar-refractivity contribution in [3.63, 3.8) is 0 Å². The molecule has 0 aliphatic heterocycles. The van der Waals surface area contributed by atoms with Gasteiger partial charge < -0.3 is 10.2 Å². The maximum absolute atomic E-state index is 11.5. The summed E-state index contributed by atoms with van der Waals surface area (Å²) >= 11 is 0. The molecule has 0 aliphatic rings. The SMILES string of the molecule is CCc1cc(-c2ccc(/N=N/c3ccccc3)c([N+](=O)[O-])c2)c(O)cc1O. The molecule has 136 valence electrons. The van der Waals surface area contributed by atoms with E-state index in [0.717, 1.165) is 0 Å². The van der Waals surface area contributed by atoms with Gasteiger partial charge >= 0.3 is 0 Å². The van der Waals surface area contributed by atoms with E-state index in [1.165, 1.54) is 18.2 Å². The average molecular weight is 363 g/mol. The van der Waals surface area contributed by atoms with Crippen molar-refractivity contribution in [1.82, 2.24) is 0 Å². The van der Waals surface area contributed by atoms with Crippen molar-refractivity contribution in [1.29, 1.82) is 0 Å². The maximum Gasteiger partial charge on any atom is 0.297 e. The summed E-state index contributed by atoms with van der Waals surface area (Å²) in [6.45, 7) is 1.87. The lowest BCUT2D eigenvalue weighted by molar-refractivity contribution is -0.384. The zero-order chi connectivity index (χ0) is 19.4. The van der Waals surface area contributed by atoms with Crippen LogP contribution in [0.25, 0.3) is 11.1 Å². The number of aryl methyl sites for hydroxylation is 1. The van der Waals surface area contributed by atoms with Gasteiger partial charge in [-0.05, 0) is 41.8 Å². The summed E-state index contributed by atoms with van der Waals surface area (Å²) in [6, 6.07) is 16.2. The van der Waals surface area contributed by atoms with Crippen molar-refractivity contribution >= 4 is 17.1 Å². The van der Waals surface area contributed by atoms with E-state index in [-0.39, 0.29) is 22.9 Å². The highest BCUT2D eigenvalue weighted by molar-refractivity contribution is 5.77. The molecule has 0 aliphatic carbocycles. The maximum atomic E-state index is 11.5. The van der Waals surface area contributed by atoms with Gasteiger partial charge in [-0.15, -0.1) is 5.11 Å². The lowest BCUT2D eigenvalue weighted by Crippen LogP contribution is -1.91. The van der Waals surface area contributed by atoms with E-state index >= 15 is 0 Å². The van der Waals surface area contributed by atoms with E-state index in [1.54, 1.807) is 36.4 Å². The van der Waals surface area contributed by atoms with Crippen LogP contribution in [0.1, 0.15) is 12.5 Å². The highest BCUT2D eigenvalue weighted by Crippen LogP contribution is 2.39. The predicted molar refractivity (Wildman–Crippen MR) is 102 cm³/mol. The van der Waals surface area contributed by atoms with Crippen LogP contribution in [-0.2, 0) is 6.42 Å². The molecular weight excluding hydrogens is 346 g/mol. The minimum atomic E-state index is -0.541. The molecule has 3 aromatic carbocycles. The monoisotopic (exact) mass is 363 g/mol. The largest absolute Gasteiger partial charge is 0.508 e. The molecule has 2 N–H and O–H groups in total. The predicted octanol–water partition coefficient (Wildman–Crippen LogP) is 5.65. The summed E-state index contributed by atoms with van der Waals surface area (Å²) in [5.41, 5.74) is 1.96. The minimum absolute atomic E-state index is 0.0125. The number of rotatable bonds is 5. The Morgan fingerprint density at radius 1 is 0.963 bits per heavy atom. The Morgan fingerprint density at radius 3 is 2.37 bits per heavy atom. The first kappa shape index (κ1) is 18.1. The first-order chi connectivity index (χ1) is 13.0. The number of phenolic OH excluding ortho intramolecular Hbond substituents is 2. The van der Waals surface area contributed by atoms with Gasteiger partial charge in [-0.25, -0.2) is 0 Å². The Labute approximate surface area is 155 Å². The van der Waals surface area contributed by atoms with Crippen LogP contribution in [0.4, 0.5) is 17.1 Å². The summed E-state index contributed by atoms with van der Waals surface area (Å²) in [7, 11) is 0. The Kier molecular flexibility index (Phi) is 5.12. The van der Waals surface area contributed by atoms with Crippen LogP contribution < -0.4 is 0 Å². The van der Waals surface area contributed by atoms with Crippen LogP contribution in [0.3, 0.4) is 0 Å². The van der Waals surface area contributed by atoms with Crippen molar-refractivity contribution in [2.75, 3.05) is 0 Å². The summed E-state index contributed by atoms with van der Waals surface area (Å²) in [5, 5.41) is 39.5. The number of aromatic hydroxyl groups is 2. The van der Waals surface area contributed by atoms with Crippen LogP contribution in [-0.4, -0.2) is 15.1 Å². The second kappa shape index (κ2) is 7.65. The normalized spacial score (nSPS) is 11.0. The molecule has 0 aromatic heterocycles. The molecule has 27 heavy (non-hydrogen) atoms. The molecule has 3 aromatic rings. The van der Waals surface area contributed by atoms with E-state index < -0.39 is 4.92 Å². The van der Waals surface area contributed by atoms with E-state index in [2.05, 4.69) is 10.2 Å². The topological polar surface area (TPSA) is 108 Å². The number of hydrogen-bond donors (Lipinski definition) is 2. The first-order valence-corrected chi connectivity index (χ1v) is 8.30. The van der Waals surface area contributed by atoms with Gasteiger partial charge in [0, 0.05) is 17.7 Å². The Hall–Kier alpha value is -3.74. The van der Waals surface area contributed by atoms with Crippen LogP contribution in [0.5, 0.6) is 11.5 Å². The van der Waals surface area contributed by atoms with Gasteiger partial charge in [0.2, 0.25) is 0 Å². The highest BCUT2D eigenvalue weighted by Gasteiger charge is 2.18. The standard InChI is InChI=1S/C20H17N3O4/c1-2-13-10-16(20(25)12-19(13)24)14-8-9-17(18(11-14)23(26)27)22-21-15-6-4-3-5-7-15/h3-12,24-25H,2H2,1H3/b22-21+. The van der Waals surface area contributed by atoms with Gasteiger partial charge in [0.15, 0.2) is 5.69 Å². The molecule has 0 amide bonds. The van der Waals surface area contributed by atoms with Crippen molar-refractivity contribution in [2.24, 2.45) is 10.2 Å². The summed E-state index contributed by atoms with van der Waals surface area (Å²) in [6.07, 6.45) is 0.560. The molecule has 0 unspecified atom stereocenters. The number of benzene rings is 3. The Balaban J connectivity index is 2.04. The highest BCUT2D eigenvalue weighted by atomic mass is 16.6. The summed E-state index contributed by atoms with van der Waals surface area (Å²) in [5.74, 6) is -0.167. The number of nitro benzene ring substituents is 1. The second-order valence-electron chi connectivity index (χ2n) is 5.85. The van der Waals surface area contributed by atoms with Crippen LogP contribution >= 0.6 is 0 Å². The van der Waals surface area contributed by atoms with Crippen molar-refractivity contribution in [3.05, 3.63) is 76.3 Å². The van der Waals surface area contributed by atoms with Gasteiger partial charge in [-0.1, -0.05) is 31.2 Å². The molecule has 7 heteroatoms. The number of hydrogen-bond acceptors (Lipinski definition) is 6. The molecule has 0 saturated carbocycles. The fraction of sp³-hybridized carbons (Fsp3) is 0.100. The fourth-order valence-corrected chi connectivity index (χ4v) is 2.66. The summed E-state index contributed by atoms with van der Waals surface area (Å²) in [4.78, 5) is 10.9. The van der Waals surface area contributed by atoms with Crippen LogP contribution in [0.2, 0.25) is 0 Å². The molecule has 0 atom stereocenters. The Morgan fingerprint density at radius 2 is 1.70 bits per heavy atom. The van der Waals surface area contributed by atoms with Crippen molar-refractivity contribution < 1.29 is 15.1 Å². The van der Waals surface area contributed by atoms with Crippen LogP contribution in [0.15, 0.2) is 70.9 Å². The van der Waals surface area contributed by atoms with E-state index in [9.17, 15) is 20.3 Å². The molecule has 0 bridgehead atoms. The van der Waals surface area contributed by atoms with Gasteiger partial charge in [0.1, 0.15) is 11.5 Å². The zero-order valence-electron chi connectivity index (χ0n) is 14.5. The van der Waals surface area contributed by atoms with Crippen LogP contribution in [0, 0.1) is 10.1 Å². The first-order valence-electron chi connectivity index (χ1n) is 8.30. The lowest BCUT2D eigenvalue weighted by atomic mass is 9.99. The molecule has 7 nitrogen and oxygen atoms in total. The molecule has 3 rings (SSSR count). The minimum Gasteiger partial charge on any atom is -0.508 e. The molecular formula is C20H17N3O4. The third kappa shape index (κ3) is 3.92. The Bertz CT molecular complexity index is 1020. The van der Waals surface area contributed by atoms with Gasteiger partial charge in [-0.3, -0.25) is 10.1 Å². The fourth-order valence-electron chi connectivity index (χ4n) is 2.66. The summed E-state index contributed by atoms with van der Waals surface area (Å²) < 4.78 is 0.